The number of benzene rings is 1. The SMILES string of the molecule is O=C(c1cc(Cl)c[nH]c1=O)N1C[C@H]2C[C@@]34CC[C@@H]1[C@@H]2[C@@]31CCN(CC2CC2)[C@@H]4Cc2ccc(O)cc21. The number of carbonyl (C=O) groups excluding carboxylic acids is 1. The van der Waals surface area contributed by atoms with Crippen LogP contribution in [0.1, 0.15) is 60.0 Å². The summed E-state index contributed by atoms with van der Waals surface area (Å²) in [6.45, 7) is 3.06. The van der Waals surface area contributed by atoms with Crippen molar-refractivity contribution in [1.82, 2.24) is 14.8 Å². The number of phenolic OH excluding ortho intramolecular Hbond substituents is 1. The van der Waals surface area contributed by atoms with E-state index < -0.39 is 0 Å². The van der Waals surface area contributed by atoms with E-state index in [4.69, 9.17) is 11.6 Å². The minimum Gasteiger partial charge on any atom is -0.508 e. The van der Waals surface area contributed by atoms with Gasteiger partial charge in [0, 0.05) is 36.8 Å². The van der Waals surface area contributed by atoms with Crippen LogP contribution >= 0.6 is 11.6 Å². The summed E-state index contributed by atoms with van der Waals surface area (Å²) in [7, 11) is 0. The van der Waals surface area contributed by atoms with Crippen LogP contribution in [0.3, 0.4) is 0 Å². The first-order chi connectivity index (χ1) is 17.4. The van der Waals surface area contributed by atoms with Gasteiger partial charge in [-0.3, -0.25) is 14.5 Å². The predicted molar refractivity (Wildman–Crippen MR) is 136 cm³/mol. The predicted octanol–water partition coefficient (Wildman–Crippen LogP) is 3.95. The number of hydrogen-bond acceptors (Lipinski definition) is 4. The molecule has 5 fully saturated rings. The highest BCUT2D eigenvalue weighted by molar-refractivity contribution is 6.30. The lowest BCUT2D eigenvalue weighted by atomic mass is 9.43. The molecule has 8 rings (SSSR count). The average Bonchev–Trinajstić information content (AvgIpc) is 3.55. The number of rotatable bonds is 3. The summed E-state index contributed by atoms with van der Waals surface area (Å²) in [5.41, 5.74) is 2.74. The lowest BCUT2D eigenvalue weighted by Gasteiger charge is -2.66. The normalized spacial score (nSPS) is 38.1. The molecule has 3 heterocycles. The molecule has 2 N–H and O–H groups in total. The fourth-order valence-corrected chi connectivity index (χ4v) is 10.1. The molecule has 1 aromatic carbocycles. The molecule has 0 spiro atoms. The minimum atomic E-state index is -0.369. The number of phenols is 1. The molecule has 4 aliphatic carbocycles. The van der Waals surface area contributed by atoms with Gasteiger partial charge in [0.1, 0.15) is 11.3 Å². The van der Waals surface area contributed by atoms with Gasteiger partial charge in [-0.15, -0.1) is 0 Å². The highest BCUT2D eigenvalue weighted by Gasteiger charge is 2.76. The molecule has 3 saturated carbocycles. The topological polar surface area (TPSA) is 76.6 Å². The van der Waals surface area contributed by atoms with Crippen LogP contribution in [-0.2, 0) is 11.8 Å². The van der Waals surface area contributed by atoms with Crippen LogP contribution in [0.5, 0.6) is 5.75 Å². The van der Waals surface area contributed by atoms with Crippen LogP contribution in [-0.4, -0.2) is 57.5 Å². The van der Waals surface area contributed by atoms with Crippen molar-refractivity contribution in [3.8, 4) is 5.75 Å². The van der Waals surface area contributed by atoms with Crippen molar-refractivity contribution < 1.29 is 9.90 Å². The Morgan fingerprint density at radius 1 is 1.19 bits per heavy atom. The maximum absolute atomic E-state index is 13.7. The molecule has 2 aromatic rings. The number of hydrogen-bond donors (Lipinski definition) is 2. The van der Waals surface area contributed by atoms with Crippen LogP contribution in [0, 0.1) is 23.2 Å². The number of aromatic hydroxyl groups is 1. The number of nitrogens with zero attached hydrogens (tertiary/aromatic N) is 2. The van der Waals surface area contributed by atoms with Crippen LogP contribution in [0.25, 0.3) is 0 Å². The minimum absolute atomic E-state index is 0.00654. The van der Waals surface area contributed by atoms with Crippen molar-refractivity contribution in [3.63, 3.8) is 0 Å². The number of H-pyrrole nitrogens is 1. The van der Waals surface area contributed by atoms with Gasteiger partial charge in [0.15, 0.2) is 0 Å². The Labute approximate surface area is 215 Å². The molecule has 0 radical (unpaired) electrons. The van der Waals surface area contributed by atoms with Gasteiger partial charge in [-0.05, 0) is 104 Å². The van der Waals surface area contributed by atoms with E-state index in [-0.39, 0.29) is 33.9 Å². The summed E-state index contributed by atoms with van der Waals surface area (Å²) in [5.74, 6) is 1.84. The number of amides is 1. The van der Waals surface area contributed by atoms with Crippen LogP contribution in [0.2, 0.25) is 5.02 Å². The van der Waals surface area contributed by atoms with Crippen molar-refractivity contribution in [2.24, 2.45) is 23.2 Å². The number of fused-ring (bicyclic) bond motifs is 1. The summed E-state index contributed by atoms with van der Waals surface area (Å²) >= 11 is 6.16. The highest BCUT2D eigenvalue weighted by atomic mass is 35.5. The molecular formula is C29H32ClN3O3. The molecule has 1 amide bonds. The molecule has 0 unspecified atom stereocenters. The molecule has 4 bridgehead atoms. The number of likely N-dealkylation sites (tertiary alicyclic amines) is 2. The van der Waals surface area contributed by atoms with E-state index in [9.17, 15) is 14.7 Å². The van der Waals surface area contributed by atoms with Crippen molar-refractivity contribution in [1.29, 1.82) is 0 Å². The second-order valence-corrected chi connectivity index (χ2v) is 12.9. The fraction of sp³-hybridized carbons (Fsp3) is 0.586. The van der Waals surface area contributed by atoms with Gasteiger partial charge < -0.3 is 15.0 Å². The highest BCUT2D eigenvalue weighted by Crippen LogP contribution is 2.75. The van der Waals surface area contributed by atoms with Gasteiger partial charge in [0.2, 0.25) is 0 Å². The first-order valence-electron chi connectivity index (χ1n) is 13.7. The molecule has 7 heteroatoms. The number of aromatic amines is 1. The van der Waals surface area contributed by atoms with Crippen molar-refractivity contribution >= 4 is 17.5 Å². The van der Waals surface area contributed by atoms with Gasteiger partial charge in [-0.2, -0.15) is 0 Å². The zero-order valence-corrected chi connectivity index (χ0v) is 21.1. The Morgan fingerprint density at radius 3 is 2.89 bits per heavy atom. The van der Waals surface area contributed by atoms with Gasteiger partial charge in [0.05, 0.1) is 5.02 Å². The van der Waals surface area contributed by atoms with E-state index in [1.165, 1.54) is 42.8 Å². The van der Waals surface area contributed by atoms with E-state index in [0.717, 1.165) is 44.6 Å². The molecular weight excluding hydrogens is 474 g/mol. The monoisotopic (exact) mass is 505 g/mol. The number of piperidine rings is 1. The zero-order chi connectivity index (χ0) is 24.4. The summed E-state index contributed by atoms with van der Waals surface area (Å²) in [6, 6.07) is 8.28. The quantitative estimate of drug-likeness (QED) is 0.662. The molecule has 2 aliphatic heterocycles. The third-order valence-electron chi connectivity index (χ3n) is 11.1. The lowest BCUT2D eigenvalue weighted by Crippen LogP contribution is -2.70. The Morgan fingerprint density at radius 2 is 2.06 bits per heavy atom. The first-order valence-corrected chi connectivity index (χ1v) is 14.0. The van der Waals surface area contributed by atoms with Crippen molar-refractivity contribution in [3.05, 3.63) is 62.5 Å². The van der Waals surface area contributed by atoms with Gasteiger partial charge in [-0.25, -0.2) is 0 Å². The van der Waals surface area contributed by atoms with Crippen molar-refractivity contribution in [2.75, 3.05) is 19.6 Å². The van der Waals surface area contributed by atoms with E-state index >= 15 is 0 Å². The largest absolute Gasteiger partial charge is 0.508 e. The Balaban J connectivity index is 1.25. The van der Waals surface area contributed by atoms with E-state index in [2.05, 4.69) is 22.0 Å². The number of nitrogens with one attached hydrogen (secondary N) is 1. The third-order valence-corrected chi connectivity index (χ3v) is 11.4. The standard InChI is InChI=1S/C29H32ClN3O3/c30-19-10-21(26(35)31-13-19)27(36)33-15-18-12-28-6-5-23(33)25(18)29(28)7-8-32(14-16-1-2-16)24(28)9-17-3-4-20(34)11-22(17)29/h3-4,10-11,13,16,18,23-25,34H,1-2,5-9,12,14-15H2,(H,31,35)/t18-,23-,24-,25-,28-,29+/m1/s1. The van der Waals surface area contributed by atoms with E-state index in [1.807, 2.05) is 11.0 Å². The number of halogens is 1. The summed E-state index contributed by atoms with van der Waals surface area (Å²) in [6.07, 6.45) is 9.62. The summed E-state index contributed by atoms with van der Waals surface area (Å²) in [5, 5.41) is 11.0. The Bertz CT molecular complexity index is 1350. The third kappa shape index (κ3) is 2.62. The number of pyridine rings is 1. The molecule has 188 valence electrons. The fourth-order valence-electron chi connectivity index (χ4n) is 9.95. The second kappa shape index (κ2) is 7.16. The summed E-state index contributed by atoms with van der Waals surface area (Å²) in [4.78, 5) is 33.8. The van der Waals surface area contributed by atoms with Crippen LogP contribution in [0.15, 0.2) is 35.3 Å². The smallest absolute Gasteiger partial charge is 0.260 e. The molecule has 36 heavy (non-hydrogen) atoms. The second-order valence-electron chi connectivity index (χ2n) is 12.5. The number of aromatic nitrogens is 1. The summed E-state index contributed by atoms with van der Waals surface area (Å²) < 4.78 is 0. The lowest BCUT2D eigenvalue weighted by molar-refractivity contribution is -0.102. The molecule has 2 saturated heterocycles. The first kappa shape index (κ1) is 21.7. The maximum Gasteiger partial charge on any atom is 0.260 e. The van der Waals surface area contributed by atoms with Crippen molar-refractivity contribution in [2.45, 2.75) is 62.4 Å². The van der Waals surface area contributed by atoms with Gasteiger partial charge in [-0.1, -0.05) is 17.7 Å². The maximum atomic E-state index is 13.7. The zero-order valence-electron chi connectivity index (χ0n) is 20.4. The van der Waals surface area contributed by atoms with Gasteiger partial charge >= 0.3 is 0 Å². The number of carbonyl (C=O) groups is 1. The Hall–Kier alpha value is -2.31. The molecule has 1 aromatic heterocycles. The Kier molecular flexibility index (Phi) is 4.33. The molecule has 6 nitrogen and oxygen atoms in total. The van der Waals surface area contributed by atoms with Gasteiger partial charge in [0.25, 0.3) is 11.5 Å². The van der Waals surface area contributed by atoms with Crippen LogP contribution < -0.4 is 5.56 Å². The molecule has 6 aliphatic rings. The van der Waals surface area contributed by atoms with Crippen LogP contribution in [0.4, 0.5) is 0 Å². The average molecular weight is 506 g/mol. The van der Waals surface area contributed by atoms with E-state index in [1.54, 1.807) is 0 Å². The molecule has 6 atom stereocenters. The van der Waals surface area contributed by atoms with E-state index in [0.29, 0.717) is 35.2 Å².